The molecule has 0 saturated heterocycles. The van der Waals surface area contributed by atoms with Gasteiger partial charge in [0.1, 0.15) is 5.75 Å². The number of hydrogen-bond donors (Lipinski definition) is 2. The van der Waals surface area contributed by atoms with E-state index < -0.39 is 16.1 Å². The minimum atomic E-state index is -3.60. The Kier molecular flexibility index (Phi) is 7.28. The van der Waals surface area contributed by atoms with Crippen molar-refractivity contribution >= 4 is 39.1 Å². The second-order valence-electron chi connectivity index (χ2n) is 5.34. The van der Waals surface area contributed by atoms with Crippen LogP contribution in [0.3, 0.4) is 0 Å². The highest BCUT2D eigenvalue weighted by Gasteiger charge is 2.16. The Morgan fingerprint density at radius 2 is 1.77 bits per heavy atom. The second-order valence-corrected chi connectivity index (χ2v) is 7.92. The maximum Gasteiger partial charge on any atom is 0.260 e. The molecule has 0 aliphatic heterocycles. The Hall–Kier alpha value is -1.80. The third-order valence-electron chi connectivity index (χ3n) is 3.34. The summed E-state index contributed by atoms with van der Waals surface area (Å²) < 4.78 is 32.0. The van der Waals surface area contributed by atoms with Gasteiger partial charge in [-0.2, -0.15) is 0 Å². The molecule has 0 aliphatic carbocycles. The van der Waals surface area contributed by atoms with Gasteiger partial charge < -0.3 is 10.1 Å². The molecule has 6 nitrogen and oxygen atoms in total. The lowest BCUT2D eigenvalue weighted by Gasteiger charge is -2.15. The predicted octanol–water partition coefficient (Wildman–Crippen LogP) is 2.86. The largest absolute Gasteiger partial charge is 0.481 e. The molecular formula is C17H18Cl2N2O4S. The third kappa shape index (κ3) is 5.88. The van der Waals surface area contributed by atoms with Crippen LogP contribution < -0.4 is 14.8 Å². The van der Waals surface area contributed by atoms with Gasteiger partial charge in [-0.15, -0.1) is 0 Å². The molecule has 1 atom stereocenters. The molecule has 0 radical (unpaired) electrons. The van der Waals surface area contributed by atoms with Crippen LogP contribution in [0.2, 0.25) is 10.0 Å². The van der Waals surface area contributed by atoms with Crippen molar-refractivity contribution in [3.05, 3.63) is 58.6 Å². The molecule has 140 valence electrons. The summed E-state index contributed by atoms with van der Waals surface area (Å²) in [6.45, 7) is 1.76. The monoisotopic (exact) mass is 416 g/mol. The molecule has 0 saturated carbocycles. The van der Waals surface area contributed by atoms with Crippen molar-refractivity contribution in [2.45, 2.75) is 17.9 Å². The van der Waals surface area contributed by atoms with Crippen LogP contribution in [-0.4, -0.2) is 33.5 Å². The fourth-order valence-electron chi connectivity index (χ4n) is 2.01. The van der Waals surface area contributed by atoms with Crippen molar-refractivity contribution in [2.75, 3.05) is 13.1 Å². The number of carbonyl (C=O) groups is 1. The summed E-state index contributed by atoms with van der Waals surface area (Å²) >= 11 is 11.7. The van der Waals surface area contributed by atoms with Gasteiger partial charge in [-0.3, -0.25) is 4.79 Å². The van der Waals surface area contributed by atoms with Crippen LogP contribution in [0, 0.1) is 0 Å². The highest BCUT2D eigenvalue weighted by Crippen LogP contribution is 2.26. The van der Waals surface area contributed by atoms with Gasteiger partial charge in [0.25, 0.3) is 5.91 Å². The molecule has 0 fully saturated rings. The lowest BCUT2D eigenvalue weighted by Crippen LogP contribution is -2.40. The van der Waals surface area contributed by atoms with Gasteiger partial charge in [-0.1, -0.05) is 41.4 Å². The molecule has 0 aromatic heterocycles. The van der Waals surface area contributed by atoms with Crippen molar-refractivity contribution in [1.29, 1.82) is 0 Å². The smallest absolute Gasteiger partial charge is 0.260 e. The van der Waals surface area contributed by atoms with Crippen LogP contribution in [0.4, 0.5) is 0 Å². The van der Waals surface area contributed by atoms with E-state index in [9.17, 15) is 13.2 Å². The van der Waals surface area contributed by atoms with Gasteiger partial charge in [-0.25, -0.2) is 13.1 Å². The standard InChI is InChI=1S/C17H18Cl2N2O4S/c1-12(25-13-7-8-15(18)16(19)11-13)17(22)20-9-10-21-26(23,24)14-5-3-2-4-6-14/h2-8,11-12,21H,9-10H2,1H3,(H,20,22). The van der Waals surface area contributed by atoms with Crippen molar-refractivity contribution in [2.24, 2.45) is 0 Å². The molecule has 0 heterocycles. The van der Waals surface area contributed by atoms with E-state index in [4.69, 9.17) is 27.9 Å². The molecule has 2 aromatic carbocycles. The molecule has 0 aliphatic rings. The number of nitrogens with one attached hydrogen (secondary N) is 2. The molecule has 26 heavy (non-hydrogen) atoms. The molecule has 0 bridgehead atoms. The fourth-order valence-corrected chi connectivity index (χ4v) is 3.35. The van der Waals surface area contributed by atoms with E-state index in [0.717, 1.165) is 0 Å². The summed E-state index contributed by atoms with van der Waals surface area (Å²) in [5, 5.41) is 3.32. The first kappa shape index (κ1) is 20.5. The molecule has 2 aromatic rings. The summed E-state index contributed by atoms with van der Waals surface area (Å²) in [6, 6.07) is 12.7. The highest BCUT2D eigenvalue weighted by atomic mass is 35.5. The van der Waals surface area contributed by atoms with Gasteiger partial charge in [-0.05, 0) is 31.2 Å². The molecule has 9 heteroatoms. The predicted molar refractivity (Wildman–Crippen MR) is 101 cm³/mol. The summed E-state index contributed by atoms with van der Waals surface area (Å²) in [5.74, 6) is 0.0295. The van der Waals surface area contributed by atoms with Crippen LogP contribution in [0.1, 0.15) is 6.92 Å². The molecule has 2 N–H and O–H groups in total. The summed E-state index contributed by atoms with van der Waals surface area (Å²) in [6.07, 6.45) is -0.780. The molecule has 1 amide bonds. The number of ether oxygens (including phenoxy) is 1. The summed E-state index contributed by atoms with van der Waals surface area (Å²) in [7, 11) is -3.60. The Balaban J connectivity index is 1.78. The molecule has 0 spiro atoms. The summed E-state index contributed by atoms with van der Waals surface area (Å²) in [5.41, 5.74) is 0. The first-order chi connectivity index (χ1) is 12.3. The maximum absolute atomic E-state index is 12.0. The average Bonchev–Trinajstić information content (AvgIpc) is 2.62. The van der Waals surface area contributed by atoms with E-state index in [1.54, 1.807) is 37.3 Å². The number of carbonyl (C=O) groups excluding carboxylic acids is 1. The molecular weight excluding hydrogens is 399 g/mol. The number of halogens is 2. The number of hydrogen-bond acceptors (Lipinski definition) is 4. The van der Waals surface area contributed by atoms with Crippen LogP contribution in [0.5, 0.6) is 5.75 Å². The highest BCUT2D eigenvalue weighted by molar-refractivity contribution is 7.89. The minimum absolute atomic E-state index is 0.0580. The van der Waals surface area contributed by atoms with E-state index in [1.165, 1.54) is 18.2 Å². The van der Waals surface area contributed by atoms with Crippen molar-refractivity contribution < 1.29 is 17.9 Å². The maximum atomic E-state index is 12.0. The Morgan fingerprint density at radius 1 is 1.08 bits per heavy atom. The van der Waals surface area contributed by atoms with Crippen molar-refractivity contribution in [3.63, 3.8) is 0 Å². The number of amides is 1. The topological polar surface area (TPSA) is 84.5 Å². The SMILES string of the molecule is CC(Oc1ccc(Cl)c(Cl)c1)C(=O)NCCNS(=O)(=O)c1ccccc1. The van der Waals surface area contributed by atoms with Gasteiger partial charge in [0.05, 0.1) is 14.9 Å². The molecule has 1 unspecified atom stereocenters. The number of benzene rings is 2. The molecule has 2 rings (SSSR count). The van der Waals surface area contributed by atoms with Gasteiger partial charge in [0, 0.05) is 19.2 Å². The van der Waals surface area contributed by atoms with Crippen LogP contribution in [-0.2, 0) is 14.8 Å². The quantitative estimate of drug-likeness (QED) is 0.647. The van der Waals surface area contributed by atoms with Gasteiger partial charge >= 0.3 is 0 Å². The third-order valence-corrected chi connectivity index (χ3v) is 5.56. The average molecular weight is 417 g/mol. The first-order valence-electron chi connectivity index (χ1n) is 7.74. The van der Waals surface area contributed by atoms with E-state index in [2.05, 4.69) is 10.0 Å². The lowest BCUT2D eigenvalue weighted by molar-refractivity contribution is -0.127. The van der Waals surface area contributed by atoms with Crippen LogP contribution in [0.25, 0.3) is 0 Å². The Bertz CT molecular complexity index is 860. The Labute approximate surface area is 162 Å². The van der Waals surface area contributed by atoms with Crippen LogP contribution in [0.15, 0.2) is 53.4 Å². The van der Waals surface area contributed by atoms with Crippen molar-refractivity contribution in [1.82, 2.24) is 10.0 Å². The zero-order valence-corrected chi connectivity index (χ0v) is 16.2. The number of sulfonamides is 1. The minimum Gasteiger partial charge on any atom is -0.481 e. The van der Waals surface area contributed by atoms with Gasteiger partial charge in [0.2, 0.25) is 10.0 Å². The van der Waals surface area contributed by atoms with E-state index in [0.29, 0.717) is 15.8 Å². The van der Waals surface area contributed by atoms with E-state index in [-0.39, 0.29) is 23.9 Å². The number of rotatable bonds is 8. The van der Waals surface area contributed by atoms with Crippen molar-refractivity contribution in [3.8, 4) is 5.75 Å². The van der Waals surface area contributed by atoms with Crippen LogP contribution >= 0.6 is 23.2 Å². The zero-order valence-electron chi connectivity index (χ0n) is 13.9. The first-order valence-corrected chi connectivity index (χ1v) is 9.97. The lowest BCUT2D eigenvalue weighted by atomic mass is 10.3. The van der Waals surface area contributed by atoms with E-state index >= 15 is 0 Å². The Morgan fingerprint density at radius 3 is 2.42 bits per heavy atom. The van der Waals surface area contributed by atoms with Gasteiger partial charge in [0.15, 0.2) is 6.10 Å². The normalized spacial score (nSPS) is 12.4. The second kappa shape index (κ2) is 9.23. The van der Waals surface area contributed by atoms with E-state index in [1.807, 2.05) is 0 Å². The summed E-state index contributed by atoms with van der Waals surface area (Å²) in [4.78, 5) is 12.2. The zero-order chi connectivity index (χ0) is 19.2. The fraction of sp³-hybridized carbons (Fsp3) is 0.235.